The Kier molecular flexibility index (Phi) is 3.97. The van der Waals surface area contributed by atoms with E-state index in [9.17, 15) is 0 Å². The third-order valence-corrected chi connectivity index (χ3v) is 3.66. The molecule has 2 heterocycles. The molecule has 20 heavy (non-hydrogen) atoms. The van der Waals surface area contributed by atoms with Crippen molar-refractivity contribution in [3.05, 3.63) is 41.7 Å². The van der Waals surface area contributed by atoms with Gasteiger partial charge in [-0.2, -0.15) is 4.98 Å². The summed E-state index contributed by atoms with van der Waals surface area (Å²) in [6.45, 7) is 5.13. The van der Waals surface area contributed by atoms with Crippen LogP contribution in [0.25, 0.3) is 0 Å². The molecule has 5 nitrogen and oxygen atoms in total. The van der Waals surface area contributed by atoms with Gasteiger partial charge in [0.1, 0.15) is 5.82 Å². The fourth-order valence-corrected chi connectivity index (χ4v) is 2.56. The highest BCUT2D eigenvalue weighted by Crippen LogP contribution is 2.11. The zero-order valence-corrected chi connectivity index (χ0v) is 11.8. The first-order chi connectivity index (χ1) is 9.81. The maximum absolute atomic E-state index is 4.61. The largest absolute Gasteiger partial charge is 0.337 e. The highest BCUT2D eigenvalue weighted by molar-refractivity contribution is 5.30. The van der Waals surface area contributed by atoms with E-state index in [0.29, 0.717) is 6.04 Å². The molecule has 1 saturated heterocycles. The molecule has 0 amide bonds. The second kappa shape index (κ2) is 6.05. The standard InChI is InChI=1S/C15H21N5/c1-12-11-20(10-9-16-12)15-17-14(18-19-15)8-7-13-5-3-2-4-6-13/h2-6,12,16H,7-11H2,1H3,(H,17,18,19)/t12-/m1/s1. The summed E-state index contributed by atoms with van der Waals surface area (Å²) in [7, 11) is 0. The van der Waals surface area contributed by atoms with Crippen molar-refractivity contribution in [2.24, 2.45) is 0 Å². The monoisotopic (exact) mass is 271 g/mol. The highest BCUT2D eigenvalue weighted by atomic mass is 15.4. The molecule has 1 aliphatic rings. The molecule has 0 unspecified atom stereocenters. The molecule has 1 aromatic heterocycles. The second-order valence-electron chi connectivity index (χ2n) is 5.37. The molecule has 1 aliphatic heterocycles. The van der Waals surface area contributed by atoms with Gasteiger partial charge in [-0.1, -0.05) is 30.3 Å². The summed E-state index contributed by atoms with van der Waals surface area (Å²) in [5.74, 6) is 1.80. The van der Waals surface area contributed by atoms with E-state index >= 15 is 0 Å². The fourth-order valence-electron chi connectivity index (χ4n) is 2.56. The highest BCUT2D eigenvalue weighted by Gasteiger charge is 2.19. The lowest BCUT2D eigenvalue weighted by Gasteiger charge is -2.30. The Hall–Kier alpha value is -1.88. The topological polar surface area (TPSA) is 56.8 Å². The number of hydrogen-bond donors (Lipinski definition) is 2. The van der Waals surface area contributed by atoms with Gasteiger partial charge in [0.25, 0.3) is 0 Å². The number of aromatic nitrogens is 3. The molecular formula is C15H21N5. The zero-order chi connectivity index (χ0) is 13.8. The molecule has 2 aromatic rings. The number of anilines is 1. The number of nitrogens with one attached hydrogen (secondary N) is 2. The van der Waals surface area contributed by atoms with Gasteiger partial charge in [-0.25, -0.2) is 0 Å². The van der Waals surface area contributed by atoms with Crippen LogP contribution in [0.3, 0.4) is 0 Å². The summed E-state index contributed by atoms with van der Waals surface area (Å²) in [4.78, 5) is 6.85. The molecule has 2 N–H and O–H groups in total. The molecule has 1 fully saturated rings. The van der Waals surface area contributed by atoms with E-state index in [1.165, 1.54) is 5.56 Å². The summed E-state index contributed by atoms with van der Waals surface area (Å²) in [6, 6.07) is 11.0. The van der Waals surface area contributed by atoms with E-state index in [2.05, 4.69) is 56.6 Å². The Balaban J connectivity index is 1.59. The Morgan fingerprint density at radius 1 is 1.25 bits per heavy atom. The van der Waals surface area contributed by atoms with Gasteiger partial charge in [0.15, 0.2) is 0 Å². The van der Waals surface area contributed by atoms with Crippen LogP contribution in [0.4, 0.5) is 5.95 Å². The first-order valence-electron chi connectivity index (χ1n) is 7.25. The average Bonchev–Trinajstić information content (AvgIpc) is 2.95. The molecule has 1 atom stereocenters. The van der Waals surface area contributed by atoms with Gasteiger partial charge in [0.2, 0.25) is 5.95 Å². The first-order valence-corrected chi connectivity index (χ1v) is 7.25. The van der Waals surface area contributed by atoms with Gasteiger partial charge < -0.3 is 10.2 Å². The van der Waals surface area contributed by atoms with Gasteiger partial charge in [-0.3, -0.25) is 5.10 Å². The minimum atomic E-state index is 0.495. The summed E-state index contributed by atoms with van der Waals surface area (Å²) in [5.41, 5.74) is 1.33. The van der Waals surface area contributed by atoms with Crippen LogP contribution in [0.5, 0.6) is 0 Å². The van der Waals surface area contributed by atoms with E-state index in [4.69, 9.17) is 0 Å². The van der Waals surface area contributed by atoms with Crippen molar-refractivity contribution >= 4 is 5.95 Å². The average molecular weight is 271 g/mol. The van der Waals surface area contributed by atoms with Crippen molar-refractivity contribution in [2.45, 2.75) is 25.8 Å². The van der Waals surface area contributed by atoms with Crippen LogP contribution < -0.4 is 10.2 Å². The molecule has 5 heteroatoms. The predicted octanol–water partition coefficient (Wildman–Crippen LogP) is 1.39. The third-order valence-electron chi connectivity index (χ3n) is 3.66. The summed E-state index contributed by atoms with van der Waals surface area (Å²) in [6.07, 6.45) is 1.89. The van der Waals surface area contributed by atoms with Crippen LogP contribution in [0.15, 0.2) is 30.3 Å². The lowest BCUT2D eigenvalue weighted by molar-refractivity contribution is 0.479. The van der Waals surface area contributed by atoms with Gasteiger partial charge in [-0.15, -0.1) is 5.10 Å². The van der Waals surface area contributed by atoms with Crippen molar-refractivity contribution < 1.29 is 0 Å². The van der Waals surface area contributed by atoms with Crippen LogP contribution >= 0.6 is 0 Å². The molecule has 0 radical (unpaired) electrons. The molecule has 0 bridgehead atoms. The normalized spacial score (nSPS) is 19.2. The van der Waals surface area contributed by atoms with Crippen LogP contribution in [-0.2, 0) is 12.8 Å². The molecule has 0 aliphatic carbocycles. The summed E-state index contributed by atoms with van der Waals surface area (Å²) < 4.78 is 0. The summed E-state index contributed by atoms with van der Waals surface area (Å²) in [5, 5.41) is 10.8. The smallest absolute Gasteiger partial charge is 0.244 e. The number of rotatable bonds is 4. The second-order valence-corrected chi connectivity index (χ2v) is 5.37. The van der Waals surface area contributed by atoms with E-state index in [1.54, 1.807) is 0 Å². The van der Waals surface area contributed by atoms with Crippen molar-refractivity contribution in [3.8, 4) is 0 Å². The Labute approximate surface area is 119 Å². The van der Waals surface area contributed by atoms with Crippen molar-refractivity contribution in [3.63, 3.8) is 0 Å². The number of piperazine rings is 1. The van der Waals surface area contributed by atoms with E-state index < -0.39 is 0 Å². The number of nitrogens with zero attached hydrogens (tertiary/aromatic N) is 3. The quantitative estimate of drug-likeness (QED) is 0.882. The number of benzene rings is 1. The fraction of sp³-hybridized carbons (Fsp3) is 0.467. The minimum absolute atomic E-state index is 0.495. The number of aryl methyl sites for hydroxylation is 2. The van der Waals surface area contributed by atoms with E-state index in [-0.39, 0.29) is 0 Å². The molecule has 106 valence electrons. The maximum atomic E-state index is 4.61. The van der Waals surface area contributed by atoms with E-state index in [0.717, 1.165) is 44.2 Å². The number of hydrogen-bond acceptors (Lipinski definition) is 4. The van der Waals surface area contributed by atoms with Crippen molar-refractivity contribution in [2.75, 3.05) is 24.5 Å². The van der Waals surface area contributed by atoms with Gasteiger partial charge >= 0.3 is 0 Å². The van der Waals surface area contributed by atoms with Gasteiger partial charge in [0.05, 0.1) is 0 Å². The Morgan fingerprint density at radius 2 is 2.10 bits per heavy atom. The van der Waals surface area contributed by atoms with Crippen LogP contribution in [0, 0.1) is 0 Å². The van der Waals surface area contributed by atoms with Crippen LogP contribution in [-0.4, -0.2) is 40.9 Å². The molecular weight excluding hydrogens is 250 g/mol. The van der Waals surface area contributed by atoms with Crippen LogP contribution in [0.1, 0.15) is 18.3 Å². The van der Waals surface area contributed by atoms with Crippen molar-refractivity contribution in [1.29, 1.82) is 0 Å². The molecule has 0 spiro atoms. The van der Waals surface area contributed by atoms with E-state index in [1.807, 2.05) is 6.07 Å². The molecule has 3 rings (SSSR count). The lowest BCUT2D eigenvalue weighted by Crippen LogP contribution is -2.49. The van der Waals surface area contributed by atoms with Gasteiger partial charge in [-0.05, 0) is 18.9 Å². The first kappa shape index (κ1) is 13.1. The predicted molar refractivity (Wildman–Crippen MR) is 79.9 cm³/mol. The number of aromatic amines is 1. The van der Waals surface area contributed by atoms with Gasteiger partial charge in [0, 0.05) is 32.1 Å². The zero-order valence-electron chi connectivity index (χ0n) is 11.8. The summed E-state index contributed by atoms with van der Waals surface area (Å²) >= 11 is 0. The minimum Gasteiger partial charge on any atom is -0.337 e. The Morgan fingerprint density at radius 3 is 2.90 bits per heavy atom. The Bertz CT molecular complexity index is 536. The van der Waals surface area contributed by atoms with Crippen LogP contribution in [0.2, 0.25) is 0 Å². The molecule has 0 saturated carbocycles. The third kappa shape index (κ3) is 3.17. The van der Waals surface area contributed by atoms with Crippen molar-refractivity contribution in [1.82, 2.24) is 20.5 Å². The maximum Gasteiger partial charge on any atom is 0.244 e. The lowest BCUT2D eigenvalue weighted by atomic mass is 10.1. The molecule has 1 aromatic carbocycles. The number of H-pyrrole nitrogens is 1. The SMILES string of the molecule is C[C@@H]1CN(c2n[nH]c(CCc3ccccc3)n2)CCN1.